The first-order valence-corrected chi connectivity index (χ1v) is 5.74. The molecule has 2 nitrogen and oxygen atoms in total. The molecule has 1 saturated carbocycles. The second-order valence-electron chi connectivity index (χ2n) is 4.88. The molecule has 13 heavy (non-hydrogen) atoms. The van der Waals surface area contributed by atoms with Crippen LogP contribution in [0, 0.1) is 11.8 Å². The van der Waals surface area contributed by atoms with Crippen LogP contribution in [0.4, 0.5) is 0 Å². The van der Waals surface area contributed by atoms with E-state index in [1.807, 2.05) is 0 Å². The highest BCUT2D eigenvalue weighted by atomic mass is 15.1. The van der Waals surface area contributed by atoms with Gasteiger partial charge in [-0.25, -0.2) is 0 Å². The molecule has 4 unspecified atom stereocenters. The van der Waals surface area contributed by atoms with Crippen LogP contribution < -0.4 is 10.6 Å². The minimum absolute atomic E-state index is 0.748. The summed E-state index contributed by atoms with van der Waals surface area (Å²) in [5.41, 5.74) is 0. The molecule has 1 heterocycles. The van der Waals surface area contributed by atoms with Crippen molar-refractivity contribution < 1.29 is 0 Å². The molecule has 0 aromatic carbocycles. The normalized spacial score (nSPS) is 45.7. The first-order valence-electron chi connectivity index (χ1n) is 5.74. The van der Waals surface area contributed by atoms with Crippen LogP contribution in [0.2, 0.25) is 0 Å². The second-order valence-corrected chi connectivity index (χ2v) is 4.88. The summed E-state index contributed by atoms with van der Waals surface area (Å²) >= 11 is 0. The Hall–Kier alpha value is -0.0800. The van der Waals surface area contributed by atoms with Crippen LogP contribution in [0.1, 0.15) is 33.1 Å². The minimum Gasteiger partial charge on any atom is -0.315 e. The Bertz CT molecular complexity index is 163. The molecule has 76 valence electrons. The van der Waals surface area contributed by atoms with Crippen molar-refractivity contribution >= 4 is 0 Å². The molecule has 2 aliphatic rings. The molecule has 0 spiro atoms. The van der Waals surface area contributed by atoms with Crippen LogP contribution in [0.25, 0.3) is 0 Å². The van der Waals surface area contributed by atoms with Gasteiger partial charge in [0.15, 0.2) is 0 Å². The third kappa shape index (κ3) is 2.05. The first-order chi connectivity index (χ1) is 6.27. The molecule has 2 N–H and O–H groups in total. The molecule has 2 fully saturated rings. The standard InChI is InChI=1S/C11H22N2/c1-8-3-4-11(9(8)2)13-10-5-6-12-7-10/h8-13H,3-7H2,1-2H3. The third-order valence-electron chi connectivity index (χ3n) is 3.98. The maximum absolute atomic E-state index is 3.80. The maximum atomic E-state index is 3.80. The van der Waals surface area contributed by atoms with Crippen molar-refractivity contribution in [3.63, 3.8) is 0 Å². The van der Waals surface area contributed by atoms with Crippen LogP contribution in [0.3, 0.4) is 0 Å². The summed E-state index contributed by atoms with van der Waals surface area (Å²) in [6, 6.07) is 1.54. The molecule has 1 aliphatic heterocycles. The summed E-state index contributed by atoms with van der Waals surface area (Å²) in [5.74, 6) is 1.80. The summed E-state index contributed by atoms with van der Waals surface area (Å²) in [6.45, 7) is 7.17. The quantitative estimate of drug-likeness (QED) is 0.674. The summed E-state index contributed by atoms with van der Waals surface area (Å²) in [6.07, 6.45) is 4.12. The zero-order chi connectivity index (χ0) is 9.26. The number of nitrogens with one attached hydrogen (secondary N) is 2. The smallest absolute Gasteiger partial charge is 0.0207 e. The number of hydrogen-bond acceptors (Lipinski definition) is 2. The van der Waals surface area contributed by atoms with Crippen LogP contribution >= 0.6 is 0 Å². The summed E-state index contributed by atoms with van der Waals surface area (Å²) in [5, 5.41) is 7.21. The molecule has 2 rings (SSSR count). The molecular formula is C11H22N2. The highest BCUT2D eigenvalue weighted by Crippen LogP contribution is 2.31. The predicted molar refractivity (Wildman–Crippen MR) is 55.8 cm³/mol. The fourth-order valence-electron chi connectivity index (χ4n) is 2.70. The highest BCUT2D eigenvalue weighted by molar-refractivity contribution is 4.89. The topological polar surface area (TPSA) is 24.1 Å². The Labute approximate surface area is 81.5 Å². The van der Waals surface area contributed by atoms with Gasteiger partial charge in [0.05, 0.1) is 0 Å². The van der Waals surface area contributed by atoms with Crippen LogP contribution in [-0.2, 0) is 0 Å². The van der Waals surface area contributed by atoms with Gasteiger partial charge in [-0.05, 0) is 37.6 Å². The molecule has 0 amide bonds. The Kier molecular flexibility index (Phi) is 2.89. The lowest BCUT2D eigenvalue weighted by atomic mass is 9.97. The van der Waals surface area contributed by atoms with E-state index in [-0.39, 0.29) is 0 Å². The van der Waals surface area contributed by atoms with Gasteiger partial charge in [-0.15, -0.1) is 0 Å². The molecule has 0 aromatic rings. The van der Waals surface area contributed by atoms with Crippen molar-refractivity contribution in [3.8, 4) is 0 Å². The van der Waals surface area contributed by atoms with Gasteiger partial charge in [-0.2, -0.15) is 0 Å². The second kappa shape index (κ2) is 3.97. The van der Waals surface area contributed by atoms with Crippen molar-refractivity contribution in [3.05, 3.63) is 0 Å². The van der Waals surface area contributed by atoms with E-state index >= 15 is 0 Å². The van der Waals surface area contributed by atoms with E-state index in [0.29, 0.717) is 0 Å². The molecule has 0 radical (unpaired) electrons. The Morgan fingerprint density at radius 1 is 1.15 bits per heavy atom. The zero-order valence-corrected chi connectivity index (χ0v) is 8.84. The van der Waals surface area contributed by atoms with E-state index in [4.69, 9.17) is 0 Å². The number of hydrogen-bond donors (Lipinski definition) is 2. The van der Waals surface area contributed by atoms with E-state index < -0.39 is 0 Å². The van der Waals surface area contributed by atoms with Crippen molar-refractivity contribution in [2.45, 2.75) is 45.2 Å². The summed E-state index contributed by atoms with van der Waals surface area (Å²) < 4.78 is 0. The minimum atomic E-state index is 0.748. The third-order valence-corrected chi connectivity index (χ3v) is 3.98. The van der Waals surface area contributed by atoms with E-state index in [9.17, 15) is 0 Å². The average molecular weight is 182 g/mol. The van der Waals surface area contributed by atoms with Gasteiger partial charge in [0, 0.05) is 18.6 Å². The van der Waals surface area contributed by atoms with Crippen molar-refractivity contribution in [1.82, 2.24) is 10.6 Å². The molecule has 0 aromatic heterocycles. The maximum Gasteiger partial charge on any atom is 0.0207 e. The van der Waals surface area contributed by atoms with Gasteiger partial charge in [-0.3, -0.25) is 0 Å². The molecule has 1 saturated heterocycles. The summed E-state index contributed by atoms with van der Waals surface area (Å²) in [4.78, 5) is 0. The van der Waals surface area contributed by atoms with E-state index in [1.54, 1.807) is 0 Å². The average Bonchev–Trinajstić information content (AvgIpc) is 2.71. The SMILES string of the molecule is CC1CCC(NC2CCNC2)C1C. The van der Waals surface area contributed by atoms with Crippen molar-refractivity contribution in [2.24, 2.45) is 11.8 Å². The van der Waals surface area contributed by atoms with Crippen molar-refractivity contribution in [2.75, 3.05) is 13.1 Å². The lowest BCUT2D eigenvalue weighted by Gasteiger charge is -2.23. The van der Waals surface area contributed by atoms with E-state index in [1.165, 1.54) is 32.4 Å². The number of rotatable bonds is 2. The van der Waals surface area contributed by atoms with Gasteiger partial charge in [0.1, 0.15) is 0 Å². The highest BCUT2D eigenvalue weighted by Gasteiger charge is 2.31. The molecule has 2 heteroatoms. The van der Waals surface area contributed by atoms with Crippen LogP contribution in [0.5, 0.6) is 0 Å². The fourth-order valence-corrected chi connectivity index (χ4v) is 2.70. The Morgan fingerprint density at radius 2 is 2.00 bits per heavy atom. The van der Waals surface area contributed by atoms with Gasteiger partial charge in [0.2, 0.25) is 0 Å². The van der Waals surface area contributed by atoms with Gasteiger partial charge in [-0.1, -0.05) is 13.8 Å². The van der Waals surface area contributed by atoms with Crippen LogP contribution in [0.15, 0.2) is 0 Å². The van der Waals surface area contributed by atoms with Gasteiger partial charge >= 0.3 is 0 Å². The monoisotopic (exact) mass is 182 g/mol. The van der Waals surface area contributed by atoms with Crippen LogP contribution in [-0.4, -0.2) is 25.2 Å². The lowest BCUT2D eigenvalue weighted by Crippen LogP contribution is -2.41. The van der Waals surface area contributed by atoms with E-state index in [0.717, 1.165) is 23.9 Å². The van der Waals surface area contributed by atoms with Gasteiger partial charge < -0.3 is 10.6 Å². The predicted octanol–water partition coefficient (Wildman–Crippen LogP) is 1.37. The Balaban J connectivity index is 1.81. The first kappa shape index (κ1) is 9.47. The lowest BCUT2D eigenvalue weighted by molar-refractivity contribution is 0.344. The zero-order valence-electron chi connectivity index (χ0n) is 8.84. The fraction of sp³-hybridized carbons (Fsp3) is 1.00. The Morgan fingerprint density at radius 3 is 2.54 bits per heavy atom. The summed E-state index contributed by atoms with van der Waals surface area (Å²) in [7, 11) is 0. The molecule has 1 aliphatic carbocycles. The largest absolute Gasteiger partial charge is 0.315 e. The van der Waals surface area contributed by atoms with Crippen molar-refractivity contribution in [1.29, 1.82) is 0 Å². The molecular weight excluding hydrogens is 160 g/mol. The molecule has 4 atom stereocenters. The van der Waals surface area contributed by atoms with Gasteiger partial charge in [0.25, 0.3) is 0 Å². The van der Waals surface area contributed by atoms with E-state index in [2.05, 4.69) is 24.5 Å². The molecule has 0 bridgehead atoms.